The summed E-state index contributed by atoms with van der Waals surface area (Å²) in [5.74, 6) is 2.78. The van der Waals surface area contributed by atoms with Crippen molar-refractivity contribution in [3.63, 3.8) is 0 Å². The van der Waals surface area contributed by atoms with Crippen LogP contribution in [0.15, 0.2) is 0 Å². The van der Waals surface area contributed by atoms with Gasteiger partial charge in [-0.05, 0) is 62.9 Å². The van der Waals surface area contributed by atoms with Crippen molar-refractivity contribution in [3.8, 4) is 0 Å². The molecule has 2 fully saturated rings. The van der Waals surface area contributed by atoms with E-state index >= 15 is 0 Å². The summed E-state index contributed by atoms with van der Waals surface area (Å²) in [5, 5.41) is 3.79. The smallest absolute Gasteiger partial charge is 0.0124 e. The standard InChI is InChI=1S/C13H26N2/c1-2-10(9-14)7-8-15-13(11-3-4-11)12-5-6-12/h10-13,15H,2-9,14H2,1H3. The van der Waals surface area contributed by atoms with Gasteiger partial charge in [0.05, 0.1) is 0 Å². The lowest BCUT2D eigenvalue weighted by atomic mass is 10.0. The van der Waals surface area contributed by atoms with Crippen molar-refractivity contribution >= 4 is 0 Å². The maximum atomic E-state index is 5.72. The zero-order valence-corrected chi connectivity index (χ0v) is 10.0. The first-order chi connectivity index (χ1) is 7.35. The second-order valence-electron chi connectivity index (χ2n) is 5.45. The molecule has 2 heteroatoms. The van der Waals surface area contributed by atoms with Crippen LogP contribution in [0.2, 0.25) is 0 Å². The number of nitrogens with one attached hydrogen (secondary N) is 1. The number of rotatable bonds is 8. The molecule has 3 N–H and O–H groups in total. The Balaban J connectivity index is 1.62. The molecule has 0 bridgehead atoms. The van der Waals surface area contributed by atoms with Crippen LogP contribution < -0.4 is 11.1 Å². The molecule has 2 nitrogen and oxygen atoms in total. The van der Waals surface area contributed by atoms with Crippen LogP contribution in [0, 0.1) is 17.8 Å². The molecule has 1 atom stereocenters. The van der Waals surface area contributed by atoms with Crippen molar-refractivity contribution in [3.05, 3.63) is 0 Å². The highest BCUT2D eigenvalue weighted by Crippen LogP contribution is 2.44. The van der Waals surface area contributed by atoms with E-state index in [9.17, 15) is 0 Å². The van der Waals surface area contributed by atoms with Gasteiger partial charge >= 0.3 is 0 Å². The molecule has 15 heavy (non-hydrogen) atoms. The van der Waals surface area contributed by atoms with E-state index in [2.05, 4.69) is 12.2 Å². The topological polar surface area (TPSA) is 38.0 Å². The third-order valence-electron chi connectivity index (χ3n) is 4.10. The molecule has 0 saturated heterocycles. The van der Waals surface area contributed by atoms with Gasteiger partial charge in [0.25, 0.3) is 0 Å². The molecule has 88 valence electrons. The Morgan fingerprint density at radius 3 is 2.20 bits per heavy atom. The van der Waals surface area contributed by atoms with Gasteiger partial charge in [0, 0.05) is 6.04 Å². The van der Waals surface area contributed by atoms with Gasteiger partial charge in [0.1, 0.15) is 0 Å². The first kappa shape index (κ1) is 11.4. The van der Waals surface area contributed by atoms with Crippen LogP contribution >= 0.6 is 0 Å². The Labute approximate surface area is 94.0 Å². The molecule has 0 aromatic carbocycles. The quantitative estimate of drug-likeness (QED) is 0.644. The van der Waals surface area contributed by atoms with Crippen LogP contribution in [0.25, 0.3) is 0 Å². The van der Waals surface area contributed by atoms with Gasteiger partial charge in [0.15, 0.2) is 0 Å². The maximum absolute atomic E-state index is 5.72. The van der Waals surface area contributed by atoms with Crippen LogP contribution in [0.5, 0.6) is 0 Å². The fraction of sp³-hybridized carbons (Fsp3) is 1.00. The zero-order chi connectivity index (χ0) is 10.7. The Hall–Kier alpha value is -0.0800. The molecular formula is C13H26N2. The minimum Gasteiger partial charge on any atom is -0.330 e. The molecule has 0 spiro atoms. The number of hydrogen-bond donors (Lipinski definition) is 2. The van der Waals surface area contributed by atoms with Crippen LogP contribution in [-0.4, -0.2) is 19.1 Å². The fourth-order valence-electron chi connectivity index (χ4n) is 2.57. The van der Waals surface area contributed by atoms with Gasteiger partial charge in [-0.25, -0.2) is 0 Å². The molecule has 2 aliphatic rings. The third kappa shape index (κ3) is 3.46. The molecule has 0 amide bonds. The first-order valence-corrected chi connectivity index (χ1v) is 6.78. The summed E-state index contributed by atoms with van der Waals surface area (Å²) in [6, 6.07) is 0.861. The monoisotopic (exact) mass is 210 g/mol. The zero-order valence-electron chi connectivity index (χ0n) is 10.0. The van der Waals surface area contributed by atoms with Gasteiger partial charge in [-0.2, -0.15) is 0 Å². The summed E-state index contributed by atoms with van der Waals surface area (Å²) in [6.07, 6.45) is 8.40. The van der Waals surface area contributed by atoms with Crippen molar-refractivity contribution in [2.75, 3.05) is 13.1 Å². The molecule has 0 radical (unpaired) electrons. The van der Waals surface area contributed by atoms with Crippen LogP contribution in [0.1, 0.15) is 45.4 Å². The van der Waals surface area contributed by atoms with Gasteiger partial charge in [-0.3, -0.25) is 0 Å². The maximum Gasteiger partial charge on any atom is 0.0124 e. The Kier molecular flexibility index (Phi) is 4.04. The van der Waals surface area contributed by atoms with E-state index in [1.165, 1.54) is 45.1 Å². The second-order valence-corrected chi connectivity index (χ2v) is 5.45. The van der Waals surface area contributed by atoms with Crippen molar-refractivity contribution in [2.45, 2.75) is 51.5 Å². The minimum atomic E-state index is 0.733. The van der Waals surface area contributed by atoms with Gasteiger partial charge in [-0.15, -0.1) is 0 Å². The lowest BCUT2D eigenvalue weighted by molar-refractivity contribution is 0.382. The van der Waals surface area contributed by atoms with Crippen molar-refractivity contribution in [1.82, 2.24) is 5.32 Å². The Bertz CT molecular complexity index is 169. The average Bonchev–Trinajstić information content (AvgIpc) is 3.12. The van der Waals surface area contributed by atoms with E-state index in [-0.39, 0.29) is 0 Å². The van der Waals surface area contributed by atoms with Crippen LogP contribution in [0.3, 0.4) is 0 Å². The van der Waals surface area contributed by atoms with Gasteiger partial charge in [-0.1, -0.05) is 13.3 Å². The van der Waals surface area contributed by atoms with Crippen LogP contribution in [-0.2, 0) is 0 Å². The summed E-state index contributed by atoms with van der Waals surface area (Å²) >= 11 is 0. The number of nitrogens with two attached hydrogens (primary N) is 1. The van der Waals surface area contributed by atoms with E-state index in [1.54, 1.807) is 0 Å². The summed E-state index contributed by atoms with van der Waals surface area (Å²) in [6.45, 7) is 4.29. The van der Waals surface area contributed by atoms with E-state index in [0.717, 1.165) is 30.3 Å². The highest BCUT2D eigenvalue weighted by Gasteiger charge is 2.40. The molecule has 0 aromatic heterocycles. The van der Waals surface area contributed by atoms with E-state index < -0.39 is 0 Å². The highest BCUT2D eigenvalue weighted by molar-refractivity contribution is 4.96. The normalized spacial score (nSPS) is 23.4. The molecule has 2 aliphatic carbocycles. The van der Waals surface area contributed by atoms with Crippen molar-refractivity contribution < 1.29 is 0 Å². The highest BCUT2D eigenvalue weighted by atomic mass is 14.9. The molecule has 0 aromatic rings. The van der Waals surface area contributed by atoms with Gasteiger partial charge < -0.3 is 11.1 Å². The minimum absolute atomic E-state index is 0.733. The van der Waals surface area contributed by atoms with Gasteiger partial charge in [0.2, 0.25) is 0 Å². The second kappa shape index (κ2) is 5.31. The Morgan fingerprint density at radius 1 is 1.20 bits per heavy atom. The van der Waals surface area contributed by atoms with Crippen molar-refractivity contribution in [1.29, 1.82) is 0 Å². The predicted octanol–water partition coefficient (Wildman–Crippen LogP) is 2.14. The number of hydrogen-bond acceptors (Lipinski definition) is 2. The summed E-state index contributed by atoms with van der Waals surface area (Å²) in [7, 11) is 0. The van der Waals surface area contributed by atoms with E-state index in [4.69, 9.17) is 5.73 Å². The summed E-state index contributed by atoms with van der Waals surface area (Å²) < 4.78 is 0. The molecule has 2 saturated carbocycles. The summed E-state index contributed by atoms with van der Waals surface area (Å²) in [5.41, 5.74) is 5.72. The first-order valence-electron chi connectivity index (χ1n) is 6.78. The molecule has 0 aliphatic heterocycles. The summed E-state index contributed by atoms with van der Waals surface area (Å²) in [4.78, 5) is 0. The molecule has 2 rings (SSSR count). The SMILES string of the molecule is CCC(CN)CCNC(C1CC1)C1CC1. The average molecular weight is 210 g/mol. The Morgan fingerprint density at radius 2 is 1.80 bits per heavy atom. The molecule has 0 heterocycles. The lowest BCUT2D eigenvalue weighted by Crippen LogP contribution is -2.35. The van der Waals surface area contributed by atoms with E-state index in [1.807, 2.05) is 0 Å². The van der Waals surface area contributed by atoms with E-state index in [0.29, 0.717) is 0 Å². The van der Waals surface area contributed by atoms with Crippen LogP contribution in [0.4, 0.5) is 0 Å². The largest absolute Gasteiger partial charge is 0.330 e. The fourth-order valence-corrected chi connectivity index (χ4v) is 2.57. The lowest BCUT2D eigenvalue weighted by Gasteiger charge is -2.19. The molecule has 1 unspecified atom stereocenters. The van der Waals surface area contributed by atoms with Crippen molar-refractivity contribution in [2.24, 2.45) is 23.5 Å². The third-order valence-corrected chi connectivity index (χ3v) is 4.10. The predicted molar refractivity (Wildman–Crippen MR) is 64.7 cm³/mol. The molecular weight excluding hydrogens is 184 g/mol.